The molecule has 0 saturated heterocycles. The van der Waals surface area contributed by atoms with Crippen molar-refractivity contribution in [2.75, 3.05) is 0 Å². The van der Waals surface area contributed by atoms with E-state index >= 15 is 0 Å². The smallest absolute Gasteiger partial charge is 0.0333 e. The van der Waals surface area contributed by atoms with Crippen LogP contribution in [-0.2, 0) is 0 Å². The molecule has 0 aromatic heterocycles. The molecule has 92 valence electrons. The molecule has 0 radical (unpaired) electrons. The topological polar surface area (TPSA) is 0 Å². The molecule has 0 atom stereocenters. The molecule has 4 aromatic rings. The highest BCUT2D eigenvalue weighted by molar-refractivity contribution is 6.19. The van der Waals surface area contributed by atoms with Crippen molar-refractivity contribution in [3.8, 4) is 12.3 Å². The molecule has 0 heteroatoms. The van der Waals surface area contributed by atoms with Crippen LogP contribution >= 0.6 is 0 Å². The highest BCUT2D eigenvalue weighted by Gasteiger charge is 2.08. The Morgan fingerprint density at radius 1 is 0.650 bits per heavy atom. The van der Waals surface area contributed by atoms with Crippen molar-refractivity contribution < 1.29 is 0 Å². The number of hydrogen-bond acceptors (Lipinski definition) is 0. The van der Waals surface area contributed by atoms with E-state index in [-0.39, 0.29) is 0 Å². The van der Waals surface area contributed by atoms with Crippen LogP contribution in [0.15, 0.2) is 66.7 Å². The lowest BCUT2D eigenvalue weighted by Gasteiger charge is -2.10. The zero-order chi connectivity index (χ0) is 13.5. The van der Waals surface area contributed by atoms with Crippen LogP contribution < -0.4 is 0 Å². The Hall–Kier alpha value is -2.78. The van der Waals surface area contributed by atoms with Crippen molar-refractivity contribution in [1.29, 1.82) is 0 Å². The third-order valence-electron chi connectivity index (χ3n) is 3.90. The minimum absolute atomic E-state index is 0.968. The predicted molar refractivity (Wildman–Crippen MR) is 86.9 cm³/mol. The number of rotatable bonds is 0. The second kappa shape index (κ2) is 4.11. The molecule has 0 nitrogen and oxygen atoms in total. The molecule has 0 heterocycles. The molecular weight excluding hydrogens is 240 g/mol. The fourth-order valence-electron chi connectivity index (χ4n) is 3.00. The SMILES string of the molecule is C#Cc1cc2ccccc2c2ccc3ccccc3c12. The number of benzene rings is 4. The Bertz CT molecular complexity index is 1000. The van der Waals surface area contributed by atoms with Gasteiger partial charge < -0.3 is 0 Å². The van der Waals surface area contributed by atoms with E-state index in [2.05, 4.69) is 72.7 Å². The van der Waals surface area contributed by atoms with E-state index in [1.165, 1.54) is 32.3 Å². The largest absolute Gasteiger partial charge is 0.115 e. The Balaban J connectivity index is 2.38. The van der Waals surface area contributed by atoms with Gasteiger partial charge in [-0.3, -0.25) is 0 Å². The molecular formula is C20H12. The van der Waals surface area contributed by atoms with Crippen molar-refractivity contribution in [1.82, 2.24) is 0 Å². The maximum atomic E-state index is 5.75. The monoisotopic (exact) mass is 252 g/mol. The molecule has 20 heavy (non-hydrogen) atoms. The van der Waals surface area contributed by atoms with E-state index in [9.17, 15) is 0 Å². The number of hydrogen-bond donors (Lipinski definition) is 0. The summed E-state index contributed by atoms with van der Waals surface area (Å²) in [6.07, 6.45) is 5.75. The molecule has 0 N–H and O–H groups in total. The van der Waals surface area contributed by atoms with Crippen LogP contribution in [0.3, 0.4) is 0 Å². The second-order valence-electron chi connectivity index (χ2n) is 5.00. The minimum atomic E-state index is 0.968. The quantitative estimate of drug-likeness (QED) is 0.301. The predicted octanol–water partition coefficient (Wildman–Crippen LogP) is 5.13. The first-order valence-corrected chi connectivity index (χ1v) is 6.68. The van der Waals surface area contributed by atoms with E-state index in [1.54, 1.807) is 0 Å². The maximum absolute atomic E-state index is 5.75. The van der Waals surface area contributed by atoms with E-state index in [4.69, 9.17) is 6.42 Å². The lowest BCUT2D eigenvalue weighted by molar-refractivity contribution is 1.75. The van der Waals surface area contributed by atoms with Gasteiger partial charge in [0.1, 0.15) is 0 Å². The summed E-state index contributed by atoms with van der Waals surface area (Å²) >= 11 is 0. The second-order valence-corrected chi connectivity index (χ2v) is 5.00. The van der Waals surface area contributed by atoms with Crippen molar-refractivity contribution in [3.63, 3.8) is 0 Å². The van der Waals surface area contributed by atoms with Gasteiger partial charge in [-0.15, -0.1) is 6.42 Å². The summed E-state index contributed by atoms with van der Waals surface area (Å²) in [6, 6.07) is 23.3. The molecule has 0 amide bonds. The number of terminal acetylenes is 1. The van der Waals surface area contributed by atoms with Gasteiger partial charge in [0, 0.05) is 10.9 Å². The van der Waals surface area contributed by atoms with Crippen LogP contribution in [0.5, 0.6) is 0 Å². The lowest BCUT2D eigenvalue weighted by Crippen LogP contribution is -1.85. The molecule has 0 aliphatic heterocycles. The summed E-state index contributed by atoms with van der Waals surface area (Å²) in [4.78, 5) is 0. The van der Waals surface area contributed by atoms with Crippen molar-refractivity contribution in [3.05, 3.63) is 72.3 Å². The van der Waals surface area contributed by atoms with Crippen LogP contribution in [0.4, 0.5) is 0 Å². The van der Waals surface area contributed by atoms with Crippen LogP contribution in [0.1, 0.15) is 5.56 Å². The Labute approximate surface area is 117 Å². The highest BCUT2D eigenvalue weighted by atomic mass is 14.1. The van der Waals surface area contributed by atoms with Crippen LogP contribution in [-0.4, -0.2) is 0 Å². The van der Waals surface area contributed by atoms with Gasteiger partial charge in [0.25, 0.3) is 0 Å². The highest BCUT2D eigenvalue weighted by Crippen LogP contribution is 2.33. The summed E-state index contributed by atoms with van der Waals surface area (Å²) < 4.78 is 0. The van der Waals surface area contributed by atoms with Gasteiger partial charge in [-0.25, -0.2) is 0 Å². The first kappa shape index (κ1) is 11.1. The summed E-state index contributed by atoms with van der Waals surface area (Å²) in [6.45, 7) is 0. The first-order valence-electron chi connectivity index (χ1n) is 6.68. The fourth-order valence-corrected chi connectivity index (χ4v) is 3.00. The van der Waals surface area contributed by atoms with Gasteiger partial charge in [0.15, 0.2) is 0 Å². The third-order valence-corrected chi connectivity index (χ3v) is 3.90. The first-order chi connectivity index (χ1) is 9.88. The van der Waals surface area contributed by atoms with Gasteiger partial charge in [-0.05, 0) is 33.0 Å². The standard InChI is InChI=1S/C20H12/c1-2-14-13-16-8-4-5-9-17(16)19-12-11-15-7-3-6-10-18(15)20(14)19/h1,3-13H. The summed E-state index contributed by atoms with van der Waals surface area (Å²) in [5.74, 6) is 2.85. The molecule has 0 spiro atoms. The summed E-state index contributed by atoms with van der Waals surface area (Å²) in [7, 11) is 0. The van der Waals surface area contributed by atoms with E-state index in [1.807, 2.05) is 0 Å². The zero-order valence-electron chi connectivity index (χ0n) is 10.9. The van der Waals surface area contributed by atoms with Gasteiger partial charge in [-0.2, -0.15) is 0 Å². The van der Waals surface area contributed by atoms with Gasteiger partial charge in [0.2, 0.25) is 0 Å². The van der Waals surface area contributed by atoms with Gasteiger partial charge >= 0.3 is 0 Å². The maximum Gasteiger partial charge on any atom is 0.0333 e. The van der Waals surface area contributed by atoms with Crippen molar-refractivity contribution in [2.24, 2.45) is 0 Å². The average molecular weight is 252 g/mol. The molecule has 4 rings (SSSR count). The molecule has 0 unspecified atom stereocenters. The van der Waals surface area contributed by atoms with E-state index in [0.29, 0.717) is 0 Å². The number of fused-ring (bicyclic) bond motifs is 5. The van der Waals surface area contributed by atoms with Crippen molar-refractivity contribution >= 4 is 32.3 Å². The fraction of sp³-hybridized carbons (Fsp3) is 0. The molecule has 0 saturated carbocycles. The molecule has 0 aliphatic carbocycles. The average Bonchev–Trinajstić information content (AvgIpc) is 2.53. The molecule has 0 bridgehead atoms. The zero-order valence-corrected chi connectivity index (χ0v) is 10.9. The van der Waals surface area contributed by atoms with E-state index < -0.39 is 0 Å². The van der Waals surface area contributed by atoms with Crippen LogP contribution in [0, 0.1) is 12.3 Å². The summed E-state index contributed by atoms with van der Waals surface area (Å²) in [5, 5.41) is 7.32. The van der Waals surface area contributed by atoms with Crippen molar-refractivity contribution in [2.45, 2.75) is 0 Å². The lowest BCUT2D eigenvalue weighted by atomic mass is 9.93. The normalized spacial score (nSPS) is 10.9. The molecule has 4 aromatic carbocycles. The molecule has 0 aliphatic rings. The van der Waals surface area contributed by atoms with Gasteiger partial charge in [-0.1, -0.05) is 66.6 Å². The Kier molecular flexibility index (Phi) is 2.28. The van der Waals surface area contributed by atoms with Gasteiger partial charge in [0.05, 0.1) is 0 Å². The Morgan fingerprint density at radius 3 is 2.15 bits per heavy atom. The van der Waals surface area contributed by atoms with E-state index in [0.717, 1.165) is 5.56 Å². The minimum Gasteiger partial charge on any atom is -0.115 e. The third kappa shape index (κ3) is 1.44. The van der Waals surface area contributed by atoms with Crippen LogP contribution in [0.2, 0.25) is 0 Å². The van der Waals surface area contributed by atoms with Crippen LogP contribution in [0.25, 0.3) is 32.3 Å². The Morgan fingerprint density at radius 2 is 1.35 bits per heavy atom. The summed E-state index contributed by atoms with van der Waals surface area (Å²) in [5.41, 5.74) is 0.968. The molecule has 0 fully saturated rings.